The second-order valence-corrected chi connectivity index (χ2v) is 3.08. The molecule has 0 saturated heterocycles. The van der Waals surface area contributed by atoms with E-state index in [1.807, 2.05) is 6.92 Å². The number of benzene rings is 1. The maximum atomic E-state index is 13.1. The summed E-state index contributed by atoms with van der Waals surface area (Å²) in [6.45, 7) is 3.00. The molecule has 3 heteroatoms. The second-order valence-electron chi connectivity index (χ2n) is 3.08. The van der Waals surface area contributed by atoms with E-state index in [2.05, 4.69) is 5.32 Å². The van der Waals surface area contributed by atoms with E-state index in [0.29, 0.717) is 0 Å². The molecule has 2 nitrogen and oxygen atoms in total. The van der Waals surface area contributed by atoms with Crippen LogP contribution in [0.25, 0.3) is 0 Å². The van der Waals surface area contributed by atoms with E-state index in [0.717, 1.165) is 13.0 Å². The Morgan fingerprint density at radius 3 is 2.79 bits per heavy atom. The minimum absolute atomic E-state index is 0.163. The van der Waals surface area contributed by atoms with Gasteiger partial charge in [0.2, 0.25) is 0 Å². The molecule has 0 bridgehead atoms. The Hall–Kier alpha value is -1.22. The van der Waals surface area contributed by atoms with Crippen molar-refractivity contribution in [3.63, 3.8) is 0 Å². The van der Waals surface area contributed by atoms with Crippen LogP contribution in [0.4, 0.5) is 4.39 Å². The largest absolute Gasteiger partial charge is 0.310 e. The molecule has 0 radical (unpaired) electrons. The summed E-state index contributed by atoms with van der Waals surface area (Å²) >= 11 is 0. The highest BCUT2D eigenvalue weighted by Gasteiger charge is 2.09. The van der Waals surface area contributed by atoms with Crippen LogP contribution in [0.5, 0.6) is 0 Å². The Balaban J connectivity index is 2.56. The van der Waals surface area contributed by atoms with Gasteiger partial charge in [-0.25, -0.2) is 4.39 Å². The predicted molar refractivity (Wildman–Crippen MR) is 53.9 cm³/mol. The van der Waals surface area contributed by atoms with Gasteiger partial charge in [-0.15, -0.1) is 0 Å². The fourth-order valence-corrected chi connectivity index (χ4v) is 1.16. The summed E-state index contributed by atoms with van der Waals surface area (Å²) < 4.78 is 13.1. The summed E-state index contributed by atoms with van der Waals surface area (Å²) in [5.41, 5.74) is 0.163. The lowest BCUT2D eigenvalue weighted by atomic mass is 10.1. The van der Waals surface area contributed by atoms with Gasteiger partial charge >= 0.3 is 0 Å². The molecule has 0 atom stereocenters. The summed E-state index contributed by atoms with van der Waals surface area (Å²) in [6, 6.07) is 6.04. The molecular formula is C11H14FNO. The van der Waals surface area contributed by atoms with Crippen LogP contribution in [-0.2, 0) is 0 Å². The third-order valence-electron chi connectivity index (χ3n) is 1.89. The number of Topliss-reactive ketones (excluding diaryl/α,β-unsaturated/α-hetero) is 1. The zero-order valence-electron chi connectivity index (χ0n) is 8.22. The summed E-state index contributed by atoms with van der Waals surface area (Å²) in [5, 5.41) is 2.94. The zero-order valence-corrected chi connectivity index (χ0v) is 8.22. The summed E-state index contributed by atoms with van der Waals surface area (Å²) in [5.74, 6) is -0.646. The highest BCUT2D eigenvalue weighted by atomic mass is 19.1. The number of carbonyl (C=O) groups excluding carboxylic acids is 1. The fraction of sp³-hybridized carbons (Fsp3) is 0.364. The van der Waals surface area contributed by atoms with Crippen LogP contribution >= 0.6 is 0 Å². The van der Waals surface area contributed by atoms with Gasteiger partial charge in [0.25, 0.3) is 0 Å². The SMILES string of the molecule is CCCNCC(=O)c1ccccc1F. The Morgan fingerprint density at radius 2 is 2.14 bits per heavy atom. The molecule has 14 heavy (non-hydrogen) atoms. The molecule has 0 spiro atoms. The molecule has 0 fully saturated rings. The molecule has 0 saturated carbocycles. The summed E-state index contributed by atoms with van der Waals surface area (Å²) in [4.78, 5) is 11.4. The number of halogens is 1. The van der Waals surface area contributed by atoms with Crippen LogP contribution in [-0.4, -0.2) is 18.9 Å². The topological polar surface area (TPSA) is 29.1 Å². The van der Waals surface area contributed by atoms with Gasteiger partial charge in [0.05, 0.1) is 12.1 Å². The highest BCUT2D eigenvalue weighted by Crippen LogP contribution is 2.06. The van der Waals surface area contributed by atoms with Gasteiger partial charge in [0.15, 0.2) is 5.78 Å². The Bertz CT molecular complexity index is 312. The molecule has 1 aromatic rings. The minimum Gasteiger partial charge on any atom is -0.310 e. The monoisotopic (exact) mass is 195 g/mol. The Kier molecular flexibility index (Phi) is 4.26. The lowest BCUT2D eigenvalue weighted by molar-refractivity contribution is 0.0987. The van der Waals surface area contributed by atoms with Crippen molar-refractivity contribution in [2.75, 3.05) is 13.1 Å². The Labute approximate surface area is 83.1 Å². The quantitative estimate of drug-likeness (QED) is 0.575. The van der Waals surface area contributed by atoms with Crippen molar-refractivity contribution in [2.24, 2.45) is 0 Å². The fourth-order valence-electron chi connectivity index (χ4n) is 1.16. The average Bonchev–Trinajstić information content (AvgIpc) is 2.18. The van der Waals surface area contributed by atoms with Gasteiger partial charge in [0, 0.05) is 0 Å². The molecule has 0 unspecified atom stereocenters. The van der Waals surface area contributed by atoms with Crippen LogP contribution in [0, 0.1) is 5.82 Å². The third kappa shape index (κ3) is 2.92. The molecule has 0 aliphatic heterocycles. The van der Waals surface area contributed by atoms with E-state index in [1.165, 1.54) is 12.1 Å². The van der Waals surface area contributed by atoms with Crippen molar-refractivity contribution in [3.8, 4) is 0 Å². The first-order chi connectivity index (χ1) is 6.75. The molecule has 1 aromatic carbocycles. The molecule has 1 N–H and O–H groups in total. The van der Waals surface area contributed by atoms with Crippen molar-refractivity contribution in [2.45, 2.75) is 13.3 Å². The number of carbonyl (C=O) groups is 1. The van der Waals surface area contributed by atoms with Crippen molar-refractivity contribution in [3.05, 3.63) is 35.6 Å². The first-order valence-corrected chi connectivity index (χ1v) is 4.74. The average molecular weight is 195 g/mol. The minimum atomic E-state index is -0.448. The number of hydrogen-bond acceptors (Lipinski definition) is 2. The summed E-state index contributed by atoms with van der Waals surface area (Å²) in [7, 11) is 0. The lowest BCUT2D eigenvalue weighted by Crippen LogP contribution is -2.24. The standard InChI is InChI=1S/C11H14FNO/c1-2-7-13-8-11(14)9-5-3-4-6-10(9)12/h3-6,13H,2,7-8H2,1H3. The normalized spacial score (nSPS) is 10.1. The van der Waals surface area contributed by atoms with E-state index in [1.54, 1.807) is 12.1 Å². The molecule has 0 amide bonds. The second kappa shape index (κ2) is 5.50. The van der Waals surface area contributed by atoms with Crippen molar-refractivity contribution >= 4 is 5.78 Å². The van der Waals surface area contributed by atoms with E-state index < -0.39 is 5.82 Å². The summed E-state index contributed by atoms with van der Waals surface area (Å²) in [6.07, 6.45) is 0.963. The van der Waals surface area contributed by atoms with Crippen LogP contribution in [0.15, 0.2) is 24.3 Å². The maximum Gasteiger partial charge on any atom is 0.179 e. The van der Waals surface area contributed by atoms with Gasteiger partial charge in [-0.1, -0.05) is 19.1 Å². The van der Waals surface area contributed by atoms with Gasteiger partial charge in [0.1, 0.15) is 5.82 Å². The number of ketones is 1. The van der Waals surface area contributed by atoms with Crippen molar-refractivity contribution in [1.82, 2.24) is 5.32 Å². The zero-order chi connectivity index (χ0) is 10.4. The molecule has 76 valence electrons. The van der Waals surface area contributed by atoms with Gasteiger partial charge in [-0.05, 0) is 25.1 Å². The number of hydrogen-bond donors (Lipinski definition) is 1. The smallest absolute Gasteiger partial charge is 0.179 e. The highest BCUT2D eigenvalue weighted by molar-refractivity contribution is 5.97. The van der Waals surface area contributed by atoms with Gasteiger partial charge < -0.3 is 5.32 Å². The van der Waals surface area contributed by atoms with E-state index in [9.17, 15) is 9.18 Å². The van der Waals surface area contributed by atoms with E-state index >= 15 is 0 Å². The maximum absolute atomic E-state index is 13.1. The van der Waals surface area contributed by atoms with Gasteiger partial charge in [-0.3, -0.25) is 4.79 Å². The third-order valence-corrected chi connectivity index (χ3v) is 1.89. The molecule has 0 aliphatic carbocycles. The lowest BCUT2D eigenvalue weighted by Gasteiger charge is -2.03. The van der Waals surface area contributed by atoms with E-state index in [4.69, 9.17) is 0 Å². The van der Waals surface area contributed by atoms with Gasteiger partial charge in [-0.2, -0.15) is 0 Å². The van der Waals surface area contributed by atoms with Crippen LogP contribution < -0.4 is 5.32 Å². The van der Waals surface area contributed by atoms with Crippen LogP contribution in [0.1, 0.15) is 23.7 Å². The molecule has 0 aliphatic rings. The first-order valence-electron chi connectivity index (χ1n) is 4.74. The van der Waals surface area contributed by atoms with Crippen LogP contribution in [0.3, 0.4) is 0 Å². The molecule has 0 heterocycles. The van der Waals surface area contributed by atoms with Crippen LogP contribution in [0.2, 0.25) is 0 Å². The van der Waals surface area contributed by atoms with Crippen molar-refractivity contribution < 1.29 is 9.18 Å². The predicted octanol–water partition coefficient (Wildman–Crippen LogP) is 2.01. The number of nitrogens with one attached hydrogen (secondary N) is 1. The molecule has 1 rings (SSSR count). The number of rotatable bonds is 5. The van der Waals surface area contributed by atoms with Crippen molar-refractivity contribution in [1.29, 1.82) is 0 Å². The Morgan fingerprint density at radius 1 is 1.43 bits per heavy atom. The molecule has 0 aromatic heterocycles. The van der Waals surface area contributed by atoms with E-state index in [-0.39, 0.29) is 17.9 Å². The molecular weight excluding hydrogens is 181 g/mol. The first kappa shape index (κ1) is 10.9.